The Labute approximate surface area is 148 Å². The maximum absolute atomic E-state index is 12.6. The monoisotopic (exact) mass is 366 g/mol. The van der Waals surface area contributed by atoms with Gasteiger partial charge in [0.2, 0.25) is 0 Å². The van der Waals surface area contributed by atoms with Gasteiger partial charge in [0.15, 0.2) is 0 Å². The first-order valence-corrected chi connectivity index (χ1v) is 7.52. The zero-order valence-corrected chi connectivity index (χ0v) is 14.3. The van der Waals surface area contributed by atoms with Crippen LogP contribution in [0.1, 0.15) is 32.1 Å². The van der Waals surface area contributed by atoms with Gasteiger partial charge in [-0.1, -0.05) is 6.07 Å². The zero-order chi connectivity index (χ0) is 19.5. The summed E-state index contributed by atoms with van der Waals surface area (Å²) in [7, 11) is 3.64. The average Bonchev–Trinajstić information content (AvgIpc) is 2.58. The van der Waals surface area contributed by atoms with E-state index in [0.717, 1.165) is 11.8 Å². The van der Waals surface area contributed by atoms with Gasteiger partial charge in [-0.2, -0.15) is 13.2 Å². The molecule has 0 aliphatic carbocycles. The fourth-order valence-electron chi connectivity index (χ4n) is 2.14. The molecule has 2 aromatic rings. The molecule has 0 fully saturated rings. The first-order chi connectivity index (χ1) is 12.1. The van der Waals surface area contributed by atoms with Crippen molar-refractivity contribution in [3.8, 4) is 0 Å². The number of aromatic nitrogens is 1. The van der Waals surface area contributed by atoms with Crippen LogP contribution in [0.15, 0.2) is 36.4 Å². The van der Waals surface area contributed by atoms with Gasteiger partial charge in [0, 0.05) is 25.3 Å². The third-order valence-electron chi connectivity index (χ3n) is 3.54. The first kappa shape index (κ1) is 19.2. The van der Waals surface area contributed by atoms with Crippen LogP contribution in [0.5, 0.6) is 0 Å². The molecule has 2 N–H and O–H groups in total. The Morgan fingerprint density at radius 2 is 1.69 bits per heavy atom. The number of pyridine rings is 1. The minimum atomic E-state index is -4.59. The van der Waals surface area contributed by atoms with Crippen LogP contribution in [-0.4, -0.2) is 30.9 Å². The summed E-state index contributed by atoms with van der Waals surface area (Å²) in [5.74, 6) is -1.32. The number of hydrazine groups is 1. The number of nitrogens with one attached hydrogen (secondary N) is 2. The number of benzene rings is 1. The van der Waals surface area contributed by atoms with Crippen molar-refractivity contribution in [2.24, 2.45) is 0 Å². The number of carbonyl (C=O) groups is 2. The third kappa shape index (κ3) is 4.50. The third-order valence-corrected chi connectivity index (χ3v) is 3.54. The molecule has 6 nitrogen and oxygen atoms in total. The van der Waals surface area contributed by atoms with Gasteiger partial charge in [-0.15, -0.1) is 0 Å². The zero-order valence-electron chi connectivity index (χ0n) is 14.3. The van der Waals surface area contributed by atoms with Gasteiger partial charge in [0.05, 0.1) is 11.3 Å². The molecule has 0 radical (unpaired) electrons. The molecule has 0 unspecified atom stereocenters. The Morgan fingerprint density at radius 3 is 2.27 bits per heavy atom. The van der Waals surface area contributed by atoms with Crippen LogP contribution in [0.25, 0.3) is 0 Å². The van der Waals surface area contributed by atoms with Crippen molar-refractivity contribution in [2.75, 3.05) is 19.0 Å². The lowest BCUT2D eigenvalue weighted by Crippen LogP contribution is -2.42. The highest BCUT2D eigenvalue weighted by atomic mass is 19.4. The highest BCUT2D eigenvalue weighted by Gasteiger charge is 2.33. The lowest BCUT2D eigenvalue weighted by atomic mass is 10.1. The number of aryl methyl sites for hydroxylation is 1. The molecule has 1 aromatic heterocycles. The Kier molecular flexibility index (Phi) is 5.49. The minimum absolute atomic E-state index is 0.0691. The van der Waals surface area contributed by atoms with Gasteiger partial charge < -0.3 is 4.90 Å². The van der Waals surface area contributed by atoms with Gasteiger partial charge >= 0.3 is 6.18 Å². The number of hydrogen-bond donors (Lipinski definition) is 2. The van der Waals surface area contributed by atoms with Crippen molar-refractivity contribution in [1.29, 1.82) is 0 Å². The second-order valence-electron chi connectivity index (χ2n) is 5.68. The molecule has 0 aliphatic rings. The van der Waals surface area contributed by atoms with Gasteiger partial charge in [-0.05, 0) is 37.3 Å². The van der Waals surface area contributed by atoms with Crippen LogP contribution in [0.4, 0.5) is 18.9 Å². The van der Waals surface area contributed by atoms with Crippen molar-refractivity contribution in [3.63, 3.8) is 0 Å². The molecule has 138 valence electrons. The number of amides is 2. The molecule has 0 saturated heterocycles. The standard InChI is InChI=1S/C17H17F3N4O2/c1-10-13(7-8-14(21-10)17(18,19)20)16(26)23-22-15(25)11-5-4-6-12(9-11)24(2)3/h4-9H,1-3H3,(H,22,25)(H,23,26). The molecular weight excluding hydrogens is 349 g/mol. The number of carbonyl (C=O) groups excluding carboxylic acids is 2. The molecule has 0 atom stereocenters. The van der Waals surface area contributed by atoms with Gasteiger partial charge in [-0.25, -0.2) is 4.98 Å². The van der Waals surface area contributed by atoms with Crippen molar-refractivity contribution in [2.45, 2.75) is 13.1 Å². The van der Waals surface area contributed by atoms with Crippen LogP contribution in [0.2, 0.25) is 0 Å². The Bertz CT molecular complexity index is 835. The predicted octanol–water partition coefficient (Wildman–Crippen LogP) is 2.55. The van der Waals surface area contributed by atoms with Gasteiger partial charge in [-0.3, -0.25) is 20.4 Å². The van der Waals surface area contributed by atoms with E-state index < -0.39 is 23.7 Å². The summed E-state index contributed by atoms with van der Waals surface area (Å²) in [5, 5.41) is 0. The van der Waals surface area contributed by atoms with E-state index in [2.05, 4.69) is 15.8 Å². The summed E-state index contributed by atoms with van der Waals surface area (Å²) < 4.78 is 37.8. The van der Waals surface area contributed by atoms with E-state index in [1.54, 1.807) is 18.2 Å². The van der Waals surface area contributed by atoms with E-state index in [9.17, 15) is 22.8 Å². The second-order valence-corrected chi connectivity index (χ2v) is 5.68. The summed E-state index contributed by atoms with van der Waals surface area (Å²) >= 11 is 0. The molecular formula is C17H17F3N4O2. The van der Waals surface area contributed by atoms with E-state index in [1.807, 2.05) is 25.1 Å². The van der Waals surface area contributed by atoms with Gasteiger partial charge in [0.25, 0.3) is 11.8 Å². The fraction of sp³-hybridized carbons (Fsp3) is 0.235. The highest BCUT2D eigenvalue weighted by Crippen LogP contribution is 2.28. The van der Waals surface area contributed by atoms with Gasteiger partial charge in [0.1, 0.15) is 5.69 Å². The summed E-state index contributed by atoms with van der Waals surface area (Å²) in [5.41, 5.74) is 4.26. The number of alkyl halides is 3. The molecule has 2 amide bonds. The lowest BCUT2D eigenvalue weighted by Gasteiger charge is -2.14. The normalized spacial score (nSPS) is 11.0. The van der Waals surface area contributed by atoms with E-state index in [1.165, 1.54) is 6.92 Å². The SMILES string of the molecule is Cc1nc(C(F)(F)F)ccc1C(=O)NNC(=O)c1cccc(N(C)C)c1. The van der Waals surface area contributed by atoms with Crippen molar-refractivity contribution in [1.82, 2.24) is 15.8 Å². The lowest BCUT2D eigenvalue weighted by molar-refractivity contribution is -0.141. The molecule has 1 aromatic carbocycles. The average molecular weight is 366 g/mol. The van der Waals surface area contributed by atoms with Crippen LogP contribution >= 0.6 is 0 Å². The molecule has 26 heavy (non-hydrogen) atoms. The number of nitrogens with zero attached hydrogens (tertiary/aromatic N) is 2. The number of halogens is 3. The Hall–Kier alpha value is -3.10. The summed E-state index contributed by atoms with van der Waals surface area (Å²) in [6.07, 6.45) is -4.59. The predicted molar refractivity (Wildman–Crippen MR) is 89.7 cm³/mol. The van der Waals surface area contributed by atoms with Crippen molar-refractivity contribution < 1.29 is 22.8 Å². The van der Waals surface area contributed by atoms with Crippen LogP contribution in [0.3, 0.4) is 0 Å². The summed E-state index contributed by atoms with van der Waals surface area (Å²) in [4.78, 5) is 29.4. The van der Waals surface area contributed by atoms with E-state index in [-0.39, 0.29) is 11.3 Å². The largest absolute Gasteiger partial charge is 0.433 e. The molecule has 0 bridgehead atoms. The van der Waals surface area contributed by atoms with E-state index in [0.29, 0.717) is 11.6 Å². The first-order valence-electron chi connectivity index (χ1n) is 7.52. The maximum Gasteiger partial charge on any atom is 0.433 e. The second kappa shape index (κ2) is 7.42. The molecule has 0 aliphatic heterocycles. The molecule has 0 saturated carbocycles. The Balaban J connectivity index is 2.07. The van der Waals surface area contributed by atoms with Crippen molar-refractivity contribution >= 4 is 17.5 Å². The quantitative estimate of drug-likeness (QED) is 0.819. The van der Waals surface area contributed by atoms with Crippen LogP contribution < -0.4 is 15.8 Å². The van der Waals surface area contributed by atoms with Crippen molar-refractivity contribution in [3.05, 3.63) is 58.9 Å². The minimum Gasteiger partial charge on any atom is -0.378 e. The van der Waals surface area contributed by atoms with E-state index in [4.69, 9.17) is 0 Å². The molecule has 9 heteroatoms. The number of rotatable bonds is 3. The van der Waals surface area contributed by atoms with Crippen LogP contribution in [-0.2, 0) is 6.18 Å². The maximum atomic E-state index is 12.6. The fourth-order valence-corrected chi connectivity index (χ4v) is 2.14. The number of anilines is 1. The summed E-state index contributed by atoms with van der Waals surface area (Å²) in [6.45, 7) is 1.28. The summed E-state index contributed by atoms with van der Waals surface area (Å²) in [6, 6.07) is 8.43. The molecule has 2 rings (SSSR count). The van der Waals surface area contributed by atoms with Crippen LogP contribution in [0, 0.1) is 6.92 Å². The Morgan fingerprint density at radius 1 is 1.04 bits per heavy atom. The molecule has 0 spiro atoms. The highest BCUT2D eigenvalue weighted by molar-refractivity contribution is 5.99. The topological polar surface area (TPSA) is 74.3 Å². The number of hydrogen-bond acceptors (Lipinski definition) is 4. The smallest absolute Gasteiger partial charge is 0.378 e. The van der Waals surface area contributed by atoms with E-state index >= 15 is 0 Å². The molecule has 1 heterocycles.